The third-order valence-electron chi connectivity index (χ3n) is 7.01. The van der Waals surface area contributed by atoms with Gasteiger partial charge in [0, 0.05) is 56.8 Å². The first-order valence-corrected chi connectivity index (χ1v) is 13.4. The molecule has 0 spiro atoms. The number of anilines is 2. The number of hydrogen-bond acceptors (Lipinski definition) is 7. The van der Waals surface area contributed by atoms with Gasteiger partial charge in [-0.25, -0.2) is 19.7 Å². The smallest absolute Gasteiger partial charge is 0.320 e. The fraction of sp³-hybridized carbons (Fsp3) is 0.346. The number of hydrogen-bond donors (Lipinski definition) is 2. The molecule has 0 radical (unpaired) electrons. The maximum absolute atomic E-state index is 13.1. The number of carbonyl (C=O) groups is 2. The highest BCUT2D eigenvalue weighted by molar-refractivity contribution is 7.10. The molecule has 5 heterocycles. The van der Waals surface area contributed by atoms with Gasteiger partial charge in [0.25, 0.3) is 5.91 Å². The number of H-pyrrole nitrogens is 1. The second-order valence-electron chi connectivity index (χ2n) is 9.33. The normalized spacial score (nSPS) is 16.8. The van der Waals surface area contributed by atoms with Gasteiger partial charge in [-0.1, -0.05) is 18.2 Å². The largest absolute Gasteiger partial charge is 0.353 e. The Morgan fingerprint density at radius 3 is 2.43 bits per heavy atom. The molecule has 2 aliphatic rings. The molecule has 190 valence electrons. The van der Waals surface area contributed by atoms with E-state index in [9.17, 15) is 9.59 Å². The number of likely N-dealkylation sites (tertiary alicyclic amines) is 1. The second kappa shape index (κ2) is 10.2. The molecule has 0 aliphatic carbocycles. The third-order valence-corrected chi connectivity index (χ3v) is 8.02. The zero-order valence-corrected chi connectivity index (χ0v) is 21.2. The molecule has 37 heavy (non-hydrogen) atoms. The molecule has 0 bridgehead atoms. The van der Waals surface area contributed by atoms with E-state index in [0.717, 1.165) is 47.8 Å². The number of fused-ring (bicyclic) bond motifs is 1. The highest BCUT2D eigenvalue weighted by Gasteiger charge is 2.30. The molecule has 3 aromatic heterocycles. The van der Waals surface area contributed by atoms with E-state index < -0.39 is 0 Å². The lowest BCUT2D eigenvalue weighted by Crippen LogP contribution is -2.54. The van der Waals surface area contributed by atoms with E-state index in [1.807, 2.05) is 52.3 Å². The minimum absolute atomic E-state index is 0.115. The van der Waals surface area contributed by atoms with Crippen LogP contribution < -0.4 is 10.2 Å². The van der Waals surface area contributed by atoms with Crippen molar-refractivity contribution >= 4 is 46.1 Å². The van der Waals surface area contributed by atoms with Crippen LogP contribution in [0, 0.1) is 0 Å². The van der Waals surface area contributed by atoms with Crippen molar-refractivity contribution in [3.8, 4) is 0 Å². The predicted molar refractivity (Wildman–Crippen MR) is 143 cm³/mol. The first-order chi connectivity index (χ1) is 18.1. The topological polar surface area (TPSA) is 110 Å². The van der Waals surface area contributed by atoms with E-state index in [4.69, 9.17) is 0 Å². The Labute approximate surface area is 218 Å². The molecule has 0 atom stereocenters. The maximum Gasteiger partial charge on any atom is 0.320 e. The fourth-order valence-electron chi connectivity index (χ4n) is 4.95. The first kappa shape index (κ1) is 23.4. The average molecular weight is 517 g/mol. The molecule has 0 unspecified atom stereocenters. The highest BCUT2D eigenvalue weighted by atomic mass is 32.1. The molecule has 2 fully saturated rings. The molecule has 0 saturated carbocycles. The number of imidazole rings is 1. The summed E-state index contributed by atoms with van der Waals surface area (Å²) < 4.78 is 0. The Morgan fingerprint density at radius 2 is 1.68 bits per heavy atom. The van der Waals surface area contributed by atoms with Gasteiger partial charge >= 0.3 is 6.03 Å². The summed E-state index contributed by atoms with van der Waals surface area (Å²) in [6, 6.07) is 13.7. The van der Waals surface area contributed by atoms with Crippen LogP contribution in [0.15, 0.2) is 54.0 Å². The molecule has 11 heteroatoms. The Kier molecular flexibility index (Phi) is 6.44. The van der Waals surface area contributed by atoms with Crippen LogP contribution in [0.2, 0.25) is 0 Å². The molecule has 2 saturated heterocycles. The van der Waals surface area contributed by atoms with Gasteiger partial charge in [0.2, 0.25) is 5.95 Å². The van der Waals surface area contributed by atoms with Crippen LogP contribution in [0.25, 0.3) is 11.0 Å². The summed E-state index contributed by atoms with van der Waals surface area (Å²) in [6.45, 7) is 4.37. The van der Waals surface area contributed by atoms with Crippen molar-refractivity contribution in [1.29, 1.82) is 0 Å². The van der Waals surface area contributed by atoms with Crippen LogP contribution in [-0.2, 0) is 0 Å². The van der Waals surface area contributed by atoms with Crippen LogP contribution in [-0.4, -0.2) is 80.9 Å². The SMILES string of the molecule is O=C(Nc1nc2ccccc2[nH]1)c1csc(C2CCN(C(=O)N3CCN(c4ccccn4)CC3)CC2)n1. The number of thiazole rings is 1. The van der Waals surface area contributed by atoms with Gasteiger partial charge < -0.3 is 19.7 Å². The van der Waals surface area contributed by atoms with Crippen LogP contribution in [0.3, 0.4) is 0 Å². The van der Waals surface area contributed by atoms with E-state index in [2.05, 4.69) is 30.2 Å². The van der Waals surface area contributed by atoms with Crippen LogP contribution >= 0.6 is 11.3 Å². The van der Waals surface area contributed by atoms with Gasteiger partial charge in [0.15, 0.2) is 0 Å². The number of amides is 3. The Hall–Kier alpha value is -3.99. The van der Waals surface area contributed by atoms with Crippen LogP contribution in [0.1, 0.15) is 34.3 Å². The van der Waals surface area contributed by atoms with Gasteiger partial charge in [-0.15, -0.1) is 11.3 Å². The summed E-state index contributed by atoms with van der Waals surface area (Å²) in [5.41, 5.74) is 2.06. The number of piperidine rings is 1. The van der Waals surface area contributed by atoms with Gasteiger partial charge in [-0.05, 0) is 37.1 Å². The van der Waals surface area contributed by atoms with Crippen LogP contribution in [0.5, 0.6) is 0 Å². The number of piperazine rings is 1. The molecule has 3 amide bonds. The van der Waals surface area contributed by atoms with E-state index in [1.165, 1.54) is 11.3 Å². The summed E-state index contributed by atoms with van der Waals surface area (Å²) in [5.74, 6) is 1.35. The van der Waals surface area contributed by atoms with Crippen molar-refractivity contribution in [2.24, 2.45) is 0 Å². The molecule has 2 aliphatic heterocycles. The minimum atomic E-state index is -0.279. The highest BCUT2D eigenvalue weighted by Crippen LogP contribution is 2.31. The van der Waals surface area contributed by atoms with Gasteiger partial charge in [0.1, 0.15) is 11.5 Å². The summed E-state index contributed by atoms with van der Waals surface area (Å²) in [4.78, 5) is 48.5. The summed E-state index contributed by atoms with van der Waals surface area (Å²) in [6.07, 6.45) is 3.49. The van der Waals surface area contributed by atoms with Gasteiger partial charge in [-0.3, -0.25) is 10.1 Å². The van der Waals surface area contributed by atoms with E-state index in [-0.39, 0.29) is 17.9 Å². The second-order valence-corrected chi connectivity index (χ2v) is 10.2. The molecule has 2 N–H and O–H groups in total. The Bertz CT molecular complexity index is 1350. The standard InChI is InChI=1S/C26H28N8O2S/c35-23(31-25-29-19-5-1-2-6-20(19)30-25)21-17-37-24(28-21)18-8-11-33(12-9-18)26(36)34-15-13-32(14-16-34)22-7-3-4-10-27-22/h1-7,10,17-18H,8-9,11-16H2,(H2,29,30,31,35). The number of rotatable bonds is 4. The maximum atomic E-state index is 13.1. The number of aromatic nitrogens is 4. The molecular weight excluding hydrogens is 488 g/mol. The predicted octanol–water partition coefficient (Wildman–Crippen LogP) is 3.79. The molecule has 4 aromatic rings. The van der Waals surface area contributed by atoms with E-state index in [0.29, 0.717) is 37.8 Å². The first-order valence-electron chi connectivity index (χ1n) is 12.6. The Balaban J connectivity index is 1.00. The summed E-state index contributed by atoms with van der Waals surface area (Å²) in [5, 5.41) is 5.56. The van der Waals surface area contributed by atoms with Crippen molar-refractivity contribution < 1.29 is 9.59 Å². The van der Waals surface area contributed by atoms with Gasteiger partial charge in [-0.2, -0.15) is 0 Å². The number of benzene rings is 1. The quantitative estimate of drug-likeness (QED) is 0.427. The number of urea groups is 1. The average Bonchev–Trinajstić information content (AvgIpc) is 3.61. The lowest BCUT2D eigenvalue weighted by Gasteiger charge is -2.39. The monoisotopic (exact) mass is 516 g/mol. The zero-order chi connectivity index (χ0) is 25.2. The number of aromatic amines is 1. The van der Waals surface area contributed by atoms with Crippen molar-refractivity contribution in [1.82, 2.24) is 29.7 Å². The lowest BCUT2D eigenvalue weighted by molar-refractivity contribution is 0.102. The van der Waals surface area contributed by atoms with E-state index in [1.54, 1.807) is 11.6 Å². The van der Waals surface area contributed by atoms with Crippen molar-refractivity contribution in [3.05, 3.63) is 64.7 Å². The van der Waals surface area contributed by atoms with Crippen LogP contribution in [0.4, 0.5) is 16.6 Å². The van der Waals surface area contributed by atoms with Gasteiger partial charge in [0.05, 0.1) is 16.0 Å². The number of nitrogens with zero attached hydrogens (tertiary/aromatic N) is 6. The molecule has 10 nitrogen and oxygen atoms in total. The summed E-state index contributed by atoms with van der Waals surface area (Å²) in [7, 11) is 0. The number of para-hydroxylation sites is 2. The zero-order valence-electron chi connectivity index (χ0n) is 20.3. The molecule has 1 aromatic carbocycles. The number of carbonyl (C=O) groups excluding carboxylic acids is 2. The lowest BCUT2D eigenvalue weighted by atomic mass is 9.98. The molecular formula is C26H28N8O2S. The molecule has 6 rings (SSSR count). The third kappa shape index (κ3) is 4.99. The summed E-state index contributed by atoms with van der Waals surface area (Å²) >= 11 is 1.51. The van der Waals surface area contributed by atoms with Crippen molar-refractivity contribution in [3.63, 3.8) is 0 Å². The van der Waals surface area contributed by atoms with Crippen molar-refractivity contribution in [2.75, 3.05) is 49.5 Å². The minimum Gasteiger partial charge on any atom is -0.353 e. The van der Waals surface area contributed by atoms with E-state index >= 15 is 0 Å². The number of nitrogens with one attached hydrogen (secondary N) is 2. The number of pyridine rings is 1. The fourth-order valence-corrected chi connectivity index (χ4v) is 5.92. The van der Waals surface area contributed by atoms with Crippen molar-refractivity contribution in [2.45, 2.75) is 18.8 Å². The Morgan fingerprint density at radius 1 is 0.919 bits per heavy atom.